The number of piperidine rings is 1. The summed E-state index contributed by atoms with van der Waals surface area (Å²) in [7, 11) is 0. The van der Waals surface area contributed by atoms with Gasteiger partial charge in [0.25, 0.3) is 0 Å². The second kappa shape index (κ2) is 12.2. The Morgan fingerprint density at radius 3 is 2.86 bits per heavy atom. The number of ether oxygens (including phenoxy) is 2. The van der Waals surface area contributed by atoms with E-state index in [1.807, 2.05) is 24.3 Å². The Labute approximate surface area is 175 Å². The molecule has 1 unspecified atom stereocenters. The molecule has 2 aliphatic rings. The Morgan fingerprint density at radius 2 is 2.10 bits per heavy atom. The highest BCUT2D eigenvalue weighted by Gasteiger charge is 2.19. The van der Waals surface area contributed by atoms with Gasteiger partial charge in [-0.2, -0.15) is 0 Å². The minimum Gasteiger partial charge on any atom is -0.376 e. The van der Waals surface area contributed by atoms with Gasteiger partial charge < -0.3 is 25.0 Å². The molecule has 0 saturated carbocycles. The van der Waals surface area contributed by atoms with E-state index in [4.69, 9.17) is 9.47 Å². The summed E-state index contributed by atoms with van der Waals surface area (Å²) in [6.07, 6.45) is 7.23. The number of urea groups is 1. The van der Waals surface area contributed by atoms with Crippen LogP contribution < -0.4 is 10.6 Å². The number of benzene rings is 1. The van der Waals surface area contributed by atoms with Gasteiger partial charge in [-0.25, -0.2) is 4.79 Å². The number of anilines is 1. The molecule has 0 spiro atoms. The highest BCUT2D eigenvalue weighted by atomic mass is 16.5. The van der Waals surface area contributed by atoms with Crippen molar-refractivity contribution in [2.24, 2.45) is 5.92 Å². The zero-order chi connectivity index (χ0) is 20.3. The maximum Gasteiger partial charge on any atom is 0.319 e. The third-order valence-corrected chi connectivity index (χ3v) is 5.83. The van der Waals surface area contributed by atoms with Crippen LogP contribution in [0.25, 0.3) is 0 Å². The summed E-state index contributed by atoms with van der Waals surface area (Å²) >= 11 is 0. The lowest BCUT2D eigenvalue weighted by molar-refractivity contribution is -0.0447. The first kappa shape index (κ1) is 22.1. The minimum absolute atomic E-state index is 0.130. The molecule has 162 valence electrons. The molecule has 0 aromatic heterocycles. The molecule has 0 aliphatic carbocycles. The molecule has 1 aromatic rings. The van der Waals surface area contributed by atoms with E-state index in [0.29, 0.717) is 19.1 Å². The molecule has 2 aliphatic heterocycles. The van der Waals surface area contributed by atoms with E-state index < -0.39 is 0 Å². The molecular weight excluding hydrogens is 366 g/mol. The number of amides is 2. The summed E-state index contributed by atoms with van der Waals surface area (Å²) < 4.78 is 11.5. The van der Waals surface area contributed by atoms with E-state index in [9.17, 15) is 4.79 Å². The van der Waals surface area contributed by atoms with E-state index in [2.05, 4.69) is 22.5 Å². The second-order valence-corrected chi connectivity index (χ2v) is 8.32. The van der Waals surface area contributed by atoms with E-state index in [1.54, 1.807) is 0 Å². The van der Waals surface area contributed by atoms with Gasteiger partial charge in [0.15, 0.2) is 0 Å². The van der Waals surface area contributed by atoms with Crippen LogP contribution >= 0.6 is 0 Å². The smallest absolute Gasteiger partial charge is 0.319 e. The zero-order valence-corrected chi connectivity index (χ0v) is 17.8. The van der Waals surface area contributed by atoms with E-state index in [1.165, 1.54) is 19.4 Å². The van der Waals surface area contributed by atoms with Gasteiger partial charge in [0.2, 0.25) is 0 Å². The van der Waals surface area contributed by atoms with Gasteiger partial charge in [-0.15, -0.1) is 0 Å². The molecular formula is C23H37N3O3. The maximum atomic E-state index is 12.3. The van der Waals surface area contributed by atoms with Crippen molar-refractivity contribution in [1.82, 2.24) is 10.2 Å². The molecule has 2 saturated heterocycles. The highest BCUT2D eigenvalue weighted by molar-refractivity contribution is 5.89. The maximum absolute atomic E-state index is 12.3. The third-order valence-electron chi connectivity index (χ3n) is 5.83. The number of nitrogens with zero attached hydrogens (tertiary/aromatic N) is 1. The zero-order valence-electron chi connectivity index (χ0n) is 17.8. The fourth-order valence-corrected chi connectivity index (χ4v) is 4.13. The van der Waals surface area contributed by atoms with Gasteiger partial charge in [0.1, 0.15) is 0 Å². The summed E-state index contributed by atoms with van der Waals surface area (Å²) in [5, 5.41) is 5.99. The van der Waals surface area contributed by atoms with E-state index >= 15 is 0 Å². The third kappa shape index (κ3) is 7.96. The normalized spacial score (nSPS) is 21.1. The predicted molar refractivity (Wildman–Crippen MR) is 116 cm³/mol. The van der Waals surface area contributed by atoms with Gasteiger partial charge in [-0.3, -0.25) is 0 Å². The number of hydrogen-bond acceptors (Lipinski definition) is 4. The van der Waals surface area contributed by atoms with Gasteiger partial charge >= 0.3 is 6.03 Å². The van der Waals surface area contributed by atoms with Crippen molar-refractivity contribution in [2.75, 3.05) is 44.7 Å². The van der Waals surface area contributed by atoms with Crippen molar-refractivity contribution in [3.63, 3.8) is 0 Å². The molecule has 6 nitrogen and oxygen atoms in total. The summed E-state index contributed by atoms with van der Waals surface area (Å²) in [6.45, 7) is 8.48. The van der Waals surface area contributed by atoms with Crippen molar-refractivity contribution >= 4 is 11.7 Å². The number of hydrogen-bond donors (Lipinski definition) is 2. The molecule has 0 radical (unpaired) electrons. The lowest BCUT2D eigenvalue weighted by Crippen LogP contribution is -2.40. The second-order valence-electron chi connectivity index (χ2n) is 8.32. The first-order chi connectivity index (χ1) is 14.2. The molecule has 29 heavy (non-hydrogen) atoms. The molecule has 3 rings (SSSR count). The van der Waals surface area contributed by atoms with Crippen LogP contribution in [-0.2, 0) is 16.1 Å². The molecule has 1 atom stereocenters. The monoisotopic (exact) mass is 403 g/mol. The minimum atomic E-state index is -0.130. The van der Waals surface area contributed by atoms with Crippen LogP contribution in [0.5, 0.6) is 0 Å². The van der Waals surface area contributed by atoms with Gasteiger partial charge in [0, 0.05) is 18.8 Å². The molecule has 0 bridgehead atoms. The van der Waals surface area contributed by atoms with Crippen molar-refractivity contribution in [3.05, 3.63) is 29.8 Å². The van der Waals surface area contributed by atoms with Crippen molar-refractivity contribution in [2.45, 2.75) is 58.2 Å². The van der Waals surface area contributed by atoms with Crippen molar-refractivity contribution < 1.29 is 14.3 Å². The Bertz CT molecular complexity index is 611. The quantitative estimate of drug-likeness (QED) is 0.654. The molecule has 6 heteroatoms. The Morgan fingerprint density at radius 1 is 1.24 bits per heavy atom. The fraction of sp³-hybridized carbons (Fsp3) is 0.696. The van der Waals surface area contributed by atoms with Crippen molar-refractivity contribution in [1.29, 1.82) is 0 Å². The molecule has 1 aromatic carbocycles. The van der Waals surface area contributed by atoms with Crippen LogP contribution in [-0.4, -0.2) is 56.4 Å². The molecule has 2 heterocycles. The van der Waals surface area contributed by atoms with Crippen LogP contribution in [0.1, 0.15) is 51.0 Å². The van der Waals surface area contributed by atoms with Crippen LogP contribution in [0.15, 0.2) is 24.3 Å². The van der Waals surface area contributed by atoms with Gasteiger partial charge in [-0.1, -0.05) is 19.1 Å². The number of rotatable bonds is 9. The van der Waals surface area contributed by atoms with Crippen LogP contribution in [0.4, 0.5) is 10.5 Å². The summed E-state index contributed by atoms with van der Waals surface area (Å²) in [5.74, 6) is 0.579. The van der Waals surface area contributed by atoms with Crippen LogP contribution in [0.2, 0.25) is 0 Å². The Kier molecular flexibility index (Phi) is 9.25. The predicted octanol–water partition coefficient (Wildman–Crippen LogP) is 4.02. The molecule has 2 N–H and O–H groups in total. The van der Waals surface area contributed by atoms with Gasteiger partial charge in [0.05, 0.1) is 19.3 Å². The highest BCUT2D eigenvalue weighted by Crippen LogP contribution is 2.17. The molecule has 2 fully saturated rings. The number of likely N-dealkylation sites (tertiary alicyclic amines) is 1. The first-order valence-electron chi connectivity index (χ1n) is 11.3. The lowest BCUT2D eigenvalue weighted by Gasteiger charge is -2.31. The first-order valence-corrected chi connectivity index (χ1v) is 11.3. The van der Waals surface area contributed by atoms with Crippen LogP contribution in [0, 0.1) is 5.92 Å². The Hall–Kier alpha value is -1.63. The standard InChI is InChI=1S/C23H37N3O3/c1-2-11-26-12-9-19(10-13-26)16-24-23(27)25-21-7-5-6-20(15-21)17-28-18-22-8-3-4-14-29-22/h5-7,15,19,22H,2-4,8-14,16-18H2,1H3,(H2,24,25,27). The van der Waals surface area contributed by atoms with E-state index in [-0.39, 0.29) is 12.1 Å². The number of carbonyl (C=O) groups is 1. The number of carbonyl (C=O) groups excluding carboxylic acids is 1. The van der Waals surface area contributed by atoms with Gasteiger partial charge in [-0.05, 0) is 81.8 Å². The van der Waals surface area contributed by atoms with E-state index in [0.717, 1.165) is 63.2 Å². The average Bonchev–Trinajstić information content (AvgIpc) is 2.75. The summed E-state index contributed by atoms with van der Waals surface area (Å²) in [6, 6.07) is 7.74. The summed E-state index contributed by atoms with van der Waals surface area (Å²) in [4.78, 5) is 14.8. The average molecular weight is 404 g/mol. The molecule has 2 amide bonds. The SMILES string of the molecule is CCCN1CCC(CNC(=O)Nc2cccc(COCC3CCCCO3)c2)CC1. The largest absolute Gasteiger partial charge is 0.376 e. The van der Waals surface area contributed by atoms with Crippen LogP contribution in [0.3, 0.4) is 0 Å². The summed E-state index contributed by atoms with van der Waals surface area (Å²) in [5.41, 5.74) is 1.86. The number of nitrogens with one attached hydrogen (secondary N) is 2. The lowest BCUT2D eigenvalue weighted by atomic mass is 9.97. The fourth-order valence-electron chi connectivity index (χ4n) is 4.13. The Balaban J connectivity index is 1.34. The topological polar surface area (TPSA) is 62.8 Å². The van der Waals surface area contributed by atoms with Crippen molar-refractivity contribution in [3.8, 4) is 0 Å².